The van der Waals surface area contributed by atoms with Crippen LogP contribution in [-0.2, 0) is 6.61 Å². The number of ether oxygens (including phenoxy) is 1. The number of anilines is 1. The molecule has 0 fully saturated rings. The molecule has 26 heavy (non-hydrogen) atoms. The zero-order chi connectivity index (χ0) is 18.7. The highest BCUT2D eigenvalue weighted by atomic mass is 35.5. The van der Waals surface area contributed by atoms with Crippen LogP contribution in [0.4, 0.5) is 5.69 Å². The Morgan fingerprint density at radius 3 is 2.54 bits per heavy atom. The molecule has 3 rings (SSSR count). The standard InChI is InChI=1S/C18H11Cl4NO3/c19-12-6-4-10(8-14(12)21)23-18(24)16-7-5-11(26-16)9-25-15-3-1-2-13(20)17(15)22/h1-8H,9H2,(H,23,24). The largest absolute Gasteiger partial charge is 0.484 e. The Morgan fingerprint density at radius 1 is 0.962 bits per heavy atom. The summed E-state index contributed by atoms with van der Waals surface area (Å²) in [6.45, 7) is 0.0973. The van der Waals surface area contributed by atoms with Crippen molar-refractivity contribution in [2.24, 2.45) is 0 Å². The molecule has 0 atom stereocenters. The third-order valence-corrected chi connectivity index (χ3v) is 4.89. The number of hydrogen-bond acceptors (Lipinski definition) is 3. The van der Waals surface area contributed by atoms with Gasteiger partial charge in [-0.1, -0.05) is 52.5 Å². The van der Waals surface area contributed by atoms with Crippen molar-refractivity contribution in [2.45, 2.75) is 6.61 Å². The molecule has 0 radical (unpaired) electrons. The van der Waals surface area contributed by atoms with Gasteiger partial charge in [0.15, 0.2) is 5.76 Å². The Labute approximate surface area is 169 Å². The van der Waals surface area contributed by atoms with E-state index in [1.54, 1.807) is 48.5 Å². The molecule has 2 aromatic carbocycles. The second-order valence-electron chi connectivity index (χ2n) is 5.19. The molecule has 0 saturated heterocycles. The normalized spacial score (nSPS) is 10.6. The van der Waals surface area contributed by atoms with Crippen molar-refractivity contribution in [3.05, 3.63) is 80.1 Å². The van der Waals surface area contributed by atoms with Crippen molar-refractivity contribution in [3.63, 3.8) is 0 Å². The fourth-order valence-electron chi connectivity index (χ4n) is 2.09. The van der Waals surface area contributed by atoms with Crippen LogP contribution in [0.3, 0.4) is 0 Å². The lowest BCUT2D eigenvalue weighted by Gasteiger charge is -2.07. The molecule has 1 heterocycles. The van der Waals surface area contributed by atoms with Crippen LogP contribution in [0.15, 0.2) is 52.9 Å². The first-order valence-electron chi connectivity index (χ1n) is 7.36. The Kier molecular flexibility index (Phi) is 5.99. The van der Waals surface area contributed by atoms with E-state index in [1.807, 2.05) is 0 Å². The van der Waals surface area contributed by atoms with Crippen molar-refractivity contribution in [3.8, 4) is 5.75 Å². The highest BCUT2D eigenvalue weighted by Crippen LogP contribution is 2.32. The predicted molar refractivity (Wildman–Crippen MR) is 104 cm³/mol. The summed E-state index contributed by atoms with van der Waals surface area (Å²) in [7, 11) is 0. The second kappa shape index (κ2) is 8.23. The van der Waals surface area contributed by atoms with Gasteiger partial charge < -0.3 is 14.5 Å². The van der Waals surface area contributed by atoms with Crippen LogP contribution >= 0.6 is 46.4 Å². The molecular formula is C18H11Cl4NO3. The van der Waals surface area contributed by atoms with Crippen molar-refractivity contribution < 1.29 is 13.9 Å². The van der Waals surface area contributed by atoms with Gasteiger partial charge in [0.05, 0.1) is 15.1 Å². The van der Waals surface area contributed by atoms with Crippen molar-refractivity contribution in [2.75, 3.05) is 5.32 Å². The predicted octanol–water partition coefficient (Wildman–Crippen LogP) is 6.72. The molecular weight excluding hydrogens is 420 g/mol. The van der Waals surface area contributed by atoms with E-state index in [0.717, 1.165) is 0 Å². The molecule has 8 heteroatoms. The van der Waals surface area contributed by atoms with E-state index in [1.165, 1.54) is 0 Å². The van der Waals surface area contributed by atoms with Crippen LogP contribution in [0.2, 0.25) is 20.1 Å². The third-order valence-electron chi connectivity index (χ3n) is 3.35. The van der Waals surface area contributed by atoms with E-state index in [-0.39, 0.29) is 12.4 Å². The number of amides is 1. The van der Waals surface area contributed by atoms with Crippen LogP contribution in [0, 0.1) is 0 Å². The van der Waals surface area contributed by atoms with E-state index in [2.05, 4.69) is 5.32 Å². The lowest BCUT2D eigenvalue weighted by molar-refractivity contribution is 0.0992. The molecule has 4 nitrogen and oxygen atoms in total. The molecule has 0 spiro atoms. The first kappa shape index (κ1) is 18.9. The fourth-order valence-corrected chi connectivity index (χ4v) is 2.73. The quantitative estimate of drug-likeness (QED) is 0.488. The van der Waals surface area contributed by atoms with Gasteiger partial charge in [0.2, 0.25) is 0 Å². The Hall–Kier alpha value is -1.85. The van der Waals surface area contributed by atoms with E-state index in [4.69, 9.17) is 55.6 Å². The number of carbonyl (C=O) groups excluding carboxylic acids is 1. The Bertz CT molecular complexity index is 955. The van der Waals surface area contributed by atoms with E-state index < -0.39 is 5.91 Å². The second-order valence-corrected chi connectivity index (χ2v) is 6.79. The first-order chi connectivity index (χ1) is 12.4. The summed E-state index contributed by atoms with van der Waals surface area (Å²) >= 11 is 23.8. The highest BCUT2D eigenvalue weighted by molar-refractivity contribution is 6.43. The van der Waals surface area contributed by atoms with Crippen LogP contribution in [0.25, 0.3) is 0 Å². The molecule has 0 unspecified atom stereocenters. The van der Waals surface area contributed by atoms with E-state index in [9.17, 15) is 4.79 Å². The van der Waals surface area contributed by atoms with Crippen molar-refractivity contribution in [1.82, 2.24) is 0 Å². The lowest BCUT2D eigenvalue weighted by Crippen LogP contribution is -2.10. The number of carbonyl (C=O) groups is 1. The Morgan fingerprint density at radius 2 is 1.77 bits per heavy atom. The molecule has 3 aromatic rings. The fraction of sp³-hybridized carbons (Fsp3) is 0.0556. The molecule has 0 aliphatic carbocycles. The number of furan rings is 1. The summed E-state index contributed by atoms with van der Waals surface area (Å²) in [5.74, 6) is 0.597. The van der Waals surface area contributed by atoms with Gasteiger partial charge in [0.1, 0.15) is 23.1 Å². The molecule has 0 aliphatic rings. The van der Waals surface area contributed by atoms with Crippen molar-refractivity contribution >= 4 is 58.0 Å². The molecule has 0 aliphatic heterocycles. The van der Waals surface area contributed by atoms with E-state index >= 15 is 0 Å². The summed E-state index contributed by atoms with van der Waals surface area (Å²) in [5, 5.41) is 4.13. The molecule has 0 saturated carbocycles. The average Bonchev–Trinajstić information content (AvgIpc) is 3.09. The van der Waals surface area contributed by atoms with Gasteiger partial charge in [-0.25, -0.2) is 0 Å². The lowest BCUT2D eigenvalue weighted by atomic mass is 10.3. The first-order valence-corrected chi connectivity index (χ1v) is 8.87. The topological polar surface area (TPSA) is 51.5 Å². The molecule has 1 aromatic heterocycles. The van der Waals surface area contributed by atoms with Gasteiger partial charge in [0.25, 0.3) is 5.91 Å². The number of nitrogens with one attached hydrogen (secondary N) is 1. The van der Waals surface area contributed by atoms with Crippen LogP contribution in [-0.4, -0.2) is 5.91 Å². The minimum absolute atomic E-state index is 0.0973. The summed E-state index contributed by atoms with van der Waals surface area (Å²) in [6, 6.07) is 13.0. The SMILES string of the molecule is O=C(Nc1ccc(Cl)c(Cl)c1)c1ccc(COc2cccc(Cl)c2Cl)o1. The molecule has 1 N–H and O–H groups in total. The minimum atomic E-state index is -0.421. The maximum absolute atomic E-state index is 12.2. The zero-order valence-corrected chi connectivity index (χ0v) is 16.1. The molecule has 1 amide bonds. The van der Waals surface area contributed by atoms with Gasteiger partial charge >= 0.3 is 0 Å². The maximum atomic E-state index is 12.2. The van der Waals surface area contributed by atoms with Gasteiger partial charge in [-0.2, -0.15) is 0 Å². The zero-order valence-electron chi connectivity index (χ0n) is 13.1. The third kappa shape index (κ3) is 4.46. The minimum Gasteiger partial charge on any atom is -0.484 e. The number of halogens is 4. The van der Waals surface area contributed by atoms with Gasteiger partial charge in [0, 0.05) is 5.69 Å². The van der Waals surface area contributed by atoms with E-state index in [0.29, 0.717) is 37.3 Å². The monoisotopic (exact) mass is 429 g/mol. The molecule has 134 valence electrons. The number of benzene rings is 2. The molecule has 0 bridgehead atoms. The summed E-state index contributed by atoms with van der Waals surface area (Å²) in [4.78, 5) is 12.2. The summed E-state index contributed by atoms with van der Waals surface area (Å²) in [5.41, 5.74) is 0.504. The van der Waals surface area contributed by atoms with Gasteiger partial charge in [-0.05, 0) is 42.5 Å². The summed E-state index contributed by atoms with van der Waals surface area (Å²) in [6.07, 6.45) is 0. The summed E-state index contributed by atoms with van der Waals surface area (Å²) < 4.78 is 11.1. The number of rotatable bonds is 5. The van der Waals surface area contributed by atoms with Gasteiger partial charge in [-0.15, -0.1) is 0 Å². The van der Waals surface area contributed by atoms with Crippen LogP contribution in [0.1, 0.15) is 16.3 Å². The van der Waals surface area contributed by atoms with Crippen LogP contribution < -0.4 is 10.1 Å². The van der Waals surface area contributed by atoms with Gasteiger partial charge in [-0.3, -0.25) is 4.79 Å². The Balaban J connectivity index is 1.64. The highest BCUT2D eigenvalue weighted by Gasteiger charge is 2.13. The average molecular weight is 431 g/mol. The smallest absolute Gasteiger partial charge is 0.291 e. The van der Waals surface area contributed by atoms with Crippen molar-refractivity contribution in [1.29, 1.82) is 0 Å². The number of hydrogen-bond donors (Lipinski definition) is 1. The van der Waals surface area contributed by atoms with Crippen LogP contribution in [0.5, 0.6) is 5.75 Å². The maximum Gasteiger partial charge on any atom is 0.291 e.